The van der Waals surface area contributed by atoms with Gasteiger partial charge in [-0.2, -0.15) is 0 Å². The van der Waals surface area contributed by atoms with Gasteiger partial charge in [0.15, 0.2) is 0 Å². The van der Waals surface area contributed by atoms with E-state index in [-0.39, 0.29) is 19.2 Å². The summed E-state index contributed by atoms with van der Waals surface area (Å²) in [7, 11) is 3.06. The van der Waals surface area contributed by atoms with E-state index in [0.717, 1.165) is 33.6 Å². The lowest BCUT2D eigenvalue weighted by atomic mass is 9.76. The number of methoxy groups -OCH3 is 2. The molecule has 0 radical (unpaired) electrons. The van der Waals surface area contributed by atoms with E-state index in [1.165, 1.54) is 7.11 Å². The second-order valence-electron chi connectivity index (χ2n) is 14.8. The van der Waals surface area contributed by atoms with Gasteiger partial charge in [-0.25, -0.2) is 0 Å². The molecule has 0 aliphatic carbocycles. The lowest BCUT2D eigenvalue weighted by Gasteiger charge is -2.50. The minimum atomic E-state index is -1.09. The first-order valence-corrected chi connectivity index (χ1v) is 19.5. The Morgan fingerprint density at radius 3 is 1.53 bits per heavy atom. The molecule has 1 aliphatic heterocycles. The summed E-state index contributed by atoms with van der Waals surface area (Å²) in [5.41, 5.74) is 3.96. The van der Waals surface area contributed by atoms with Crippen LogP contribution in [0.3, 0.4) is 0 Å². The maximum Gasteiger partial charge on any atom is 0.312 e. The molecule has 1 saturated heterocycles. The Morgan fingerprint density at radius 1 is 0.596 bits per heavy atom. The highest BCUT2D eigenvalue weighted by Crippen LogP contribution is 2.37. The normalized spacial score (nSPS) is 20.1. The molecule has 1 heterocycles. The van der Waals surface area contributed by atoms with E-state index in [1.807, 2.05) is 159 Å². The van der Waals surface area contributed by atoms with Crippen molar-refractivity contribution in [2.45, 2.75) is 83.4 Å². The van der Waals surface area contributed by atoms with E-state index in [0.29, 0.717) is 26.4 Å². The first-order chi connectivity index (χ1) is 27.9. The van der Waals surface area contributed by atoms with Crippen LogP contribution in [0.4, 0.5) is 0 Å². The third kappa shape index (κ3) is 11.6. The molecule has 0 aromatic heterocycles. The monoisotopic (exact) mass is 773 g/mol. The molecule has 5 aromatic rings. The van der Waals surface area contributed by atoms with Crippen molar-refractivity contribution in [3.05, 3.63) is 173 Å². The average molecular weight is 774 g/mol. The summed E-state index contributed by atoms with van der Waals surface area (Å²) < 4.78 is 45.3. The Morgan fingerprint density at radius 2 is 1.05 bits per heavy atom. The minimum absolute atomic E-state index is 0.200. The van der Waals surface area contributed by atoms with E-state index < -0.39 is 42.0 Å². The standard InChI is InChI=1S/C48H55NO8/c1-48(2,47(50)52-4)46(49-29-35-25-27-40(51-3)28-26-35)45-44(56-33-39-23-15-8-16-24-39)43(55-32-38-21-13-7-14-22-38)42(54-31-37-19-11-6-12-20-37)41(57-45)34-53-30-36-17-9-5-10-18-36/h5-28,41-46,49H,29-34H2,1-4H3/t41-,42+,43+,44-,45-,46+/m1/s1. The minimum Gasteiger partial charge on any atom is -0.497 e. The topological polar surface area (TPSA) is 93.7 Å². The molecule has 5 aromatic carbocycles. The molecule has 9 nitrogen and oxygen atoms in total. The summed E-state index contributed by atoms with van der Waals surface area (Å²) in [5, 5.41) is 3.71. The average Bonchev–Trinajstić information content (AvgIpc) is 3.26. The van der Waals surface area contributed by atoms with Crippen LogP contribution in [0.25, 0.3) is 0 Å². The smallest absolute Gasteiger partial charge is 0.312 e. The molecular weight excluding hydrogens is 719 g/mol. The molecular formula is C48H55NO8. The number of rotatable bonds is 20. The lowest BCUT2D eigenvalue weighted by Crippen LogP contribution is -2.68. The molecule has 0 saturated carbocycles. The van der Waals surface area contributed by atoms with E-state index in [1.54, 1.807) is 7.11 Å². The van der Waals surface area contributed by atoms with Crippen molar-refractivity contribution in [1.82, 2.24) is 5.32 Å². The van der Waals surface area contributed by atoms with Crippen LogP contribution < -0.4 is 10.1 Å². The Bertz CT molecular complexity index is 1890. The first-order valence-electron chi connectivity index (χ1n) is 19.5. The van der Waals surface area contributed by atoms with E-state index in [4.69, 9.17) is 33.2 Å². The van der Waals surface area contributed by atoms with Crippen LogP contribution in [0.2, 0.25) is 0 Å². The van der Waals surface area contributed by atoms with Gasteiger partial charge >= 0.3 is 5.97 Å². The van der Waals surface area contributed by atoms with Crippen molar-refractivity contribution in [3.63, 3.8) is 0 Å². The van der Waals surface area contributed by atoms with Crippen LogP contribution in [0.1, 0.15) is 41.7 Å². The summed E-state index contributed by atoms with van der Waals surface area (Å²) in [6.45, 7) is 5.66. The molecule has 1 N–H and O–H groups in total. The fraction of sp³-hybridized carbons (Fsp3) is 0.354. The van der Waals surface area contributed by atoms with Gasteiger partial charge in [-0.1, -0.05) is 133 Å². The molecule has 6 rings (SSSR count). The van der Waals surface area contributed by atoms with E-state index in [2.05, 4.69) is 5.32 Å². The maximum absolute atomic E-state index is 13.8. The van der Waals surface area contributed by atoms with Gasteiger partial charge in [-0.15, -0.1) is 0 Å². The molecule has 1 aliphatic rings. The number of carbonyl (C=O) groups excluding carboxylic acids is 1. The largest absolute Gasteiger partial charge is 0.497 e. The second-order valence-corrected chi connectivity index (χ2v) is 14.8. The fourth-order valence-corrected chi connectivity index (χ4v) is 7.24. The van der Waals surface area contributed by atoms with Crippen LogP contribution in [-0.4, -0.2) is 63.4 Å². The third-order valence-electron chi connectivity index (χ3n) is 10.4. The molecule has 9 heteroatoms. The Hall–Kier alpha value is -4.87. The summed E-state index contributed by atoms with van der Waals surface area (Å²) in [5.74, 6) is 0.370. The quantitative estimate of drug-likeness (QED) is 0.0789. The van der Waals surface area contributed by atoms with E-state index >= 15 is 0 Å². The highest BCUT2D eigenvalue weighted by molar-refractivity contribution is 5.77. The summed E-state index contributed by atoms with van der Waals surface area (Å²) in [4.78, 5) is 13.8. The third-order valence-corrected chi connectivity index (χ3v) is 10.4. The van der Waals surface area contributed by atoms with Gasteiger partial charge in [0.1, 0.15) is 36.3 Å². The van der Waals surface area contributed by atoms with Crippen molar-refractivity contribution in [2.75, 3.05) is 20.8 Å². The number of hydrogen-bond acceptors (Lipinski definition) is 9. The molecule has 6 atom stereocenters. The summed E-state index contributed by atoms with van der Waals surface area (Å²) >= 11 is 0. The molecule has 0 spiro atoms. The van der Waals surface area contributed by atoms with Gasteiger partial charge in [0, 0.05) is 6.54 Å². The molecule has 0 amide bonds. The highest BCUT2D eigenvalue weighted by atomic mass is 16.6. The Kier molecular flexibility index (Phi) is 15.4. The van der Waals surface area contributed by atoms with Crippen molar-refractivity contribution in [2.24, 2.45) is 5.41 Å². The molecule has 0 bridgehead atoms. The second kappa shape index (κ2) is 21.0. The van der Waals surface area contributed by atoms with Crippen LogP contribution in [0, 0.1) is 5.41 Å². The van der Waals surface area contributed by atoms with Crippen molar-refractivity contribution in [3.8, 4) is 5.75 Å². The van der Waals surface area contributed by atoms with Crippen molar-refractivity contribution in [1.29, 1.82) is 0 Å². The molecule has 57 heavy (non-hydrogen) atoms. The van der Waals surface area contributed by atoms with E-state index in [9.17, 15) is 4.79 Å². The maximum atomic E-state index is 13.8. The zero-order valence-electron chi connectivity index (χ0n) is 33.3. The number of ether oxygens (including phenoxy) is 7. The zero-order valence-corrected chi connectivity index (χ0v) is 33.3. The fourth-order valence-electron chi connectivity index (χ4n) is 7.24. The highest BCUT2D eigenvalue weighted by Gasteiger charge is 2.55. The molecule has 0 unspecified atom stereocenters. The van der Waals surface area contributed by atoms with Gasteiger partial charge < -0.3 is 38.5 Å². The summed E-state index contributed by atoms with van der Waals surface area (Å²) in [6.07, 6.45) is -3.33. The number of benzene rings is 5. The van der Waals surface area contributed by atoms with Crippen LogP contribution in [0.5, 0.6) is 5.75 Å². The van der Waals surface area contributed by atoms with Gasteiger partial charge in [-0.3, -0.25) is 4.79 Å². The first kappa shape index (κ1) is 41.8. The lowest BCUT2D eigenvalue weighted by molar-refractivity contribution is -0.281. The number of nitrogens with one attached hydrogen (secondary N) is 1. The van der Waals surface area contributed by atoms with Gasteiger partial charge in [0.05, 0.1) is 58.7 Å². The van der Waals surface area contributed by atoms with Gasteiger partial charge in [0.25, 0.3) is 0 Å². The van der Waals surface area contributed by atoms with Crippen LogP contribution in [-0.2, 0) is 66.2 Å². The van der Waals surface area contributed by atoms with Crippen LogP contribution in [0.15, 0.2) is 146 Å². The Balaban J connectivity index is 1.41. The molecule has 300 valence electrons. The van der Waals surface area contributed by atoms with Crippen molar-refractivity contribution >= 4 is 5.97 Å². The van der Waals surface area contributed by atoms with Gasteiger partial charge in [0.2, 0.25) is 0 Å². The summed E-state index contributed by atoms with van der Waals surface area (Å²) in [6, 6.07) is 47.4. The van der Waals surface area contributed by atoms with Crippen molar-refractivity contribution < 1.29 is 38.0 Å². The van der Waals surface area contributed by atoms with Crippen LogP contribution >= 0.6 is 0 Å². The predicted molar refractivity (Wildman–Crippen MR) is 219 cm³/mol. The number of carbonyl (C=O) groups is 1. The predicted octanol–water partition coefficient (Wildman–Crippen LogP) is 8.09. The SMILES string of the molecule is COC(=O)C(C)(C)[C@@H](NCc1ccc(OC)cc1)[C@@H]1O[C@H](COCc2ccccc2)[C@H](OCc2ccccc2)[C@H](OCc2ccccc2)[C@H]1OCc1ccccc1. The Labute approximate surface area is 337 Å². The zero-order chi connectivity index (χ0) is 39.9. The number of hydrogen-bond donors (Lipinski definition) is 1. The molecule has 1 fully saturated rings. The number of esters is 1. The van der Waals surface area contributed by atoms with Gasteiger partial charge in [-0.05, 0) is 53.8 Å².